The van der Waals surface area contributed by atoms with Crippen molar-refractivity contribution < 1.29 is 19.0 Å². The third-order valence-corrected chi connectivity index (χ3v) is 3.70. The summed E-state index contributed by atoms with van der Waals surface area (Å²) in [5, 5.41) is 7.15. The molecule has 0 heterocycles. The molecule has 0 atom stereocenters. The molecule has 1 amide bonds. The molecule has 26 heavy (non-hydrogen) atoms. The first-order valence-corrected chi connectivity index (χ1v) is 8.01. The number of benzene rings is 2. The smallest absolute Gasteiger partial charge is 0.259 e. The number of hydrogen-bond donors (Lipinski definition) is 2. The number of carbonyl (C=O) groups excluding carboxylic acids is 1. The molecule has 0 saturated carbocycles. The summed E-state index contributed by atoms with van der Waals surface area (Å²) in [6.07, 6.45) is 0. The van der Waals surface area contributed by atoms with E-state index >= 15 is 0 Å². The van der Waals surface area contributed by atoms with Gasteiger partial charge in [0.1, 0.15) is 5.75 Å². The summed E-state index contributed by atoms with van der Waals surface area (Å²) < 4.78 is 15.7. The molecular weight excluding hydrogens is 334 g/mol. The van der Waals surface area contributed by atoms with E-state index in [4.69, 9.17) is 14.2 Å². The highest BCUT2D eigenvalue weighted by molar-refractivity contribution is 6.00. The number of methoxy groups -OCH3 is 3. The molecule has 2 aromatic rings. The Labute approximate surface area is 153 Å². The van der Waals surface area contributed by atoms with Gasteiger partial charge in [-0.1, -0.05) is 12.1 Å². The Kier molecular flexibility index (Phi) is 6.84. The van der Waals surface area contributed by atoms with Gasteiger partial charge in [0.2, 0.25) is 0 Å². The van der Waals surface area contributed by atoms with Gasteiger partial charge in [-0.05, 0) is 37.3 Å². The fraction of sp³-hybridized carbons (Fsp3) is 0.263. The van der Waals surface area contributed by atoms with Crippen LogP contribution in [0.15, 0.2) is 47.6 Å². The van der Waals surface area contributed by atoms with Gasteiger partial charge in [-0.3, -0.25) is 4.79 Å². The van der Waals surface area contributed by atoms with E-state index in [1.54, 1.807) is 40.4 Å². The van der Waals surface area contributed by atoms with Gasteiger partial charge in [0.05, 0.1) is 39.3 Å². The molecule has 0 radical (unpaired) electrons. The molecule has 138 valence electrons. The molecule has 7 heteroatoms. The number of hydrazone groups is 1. The van der Waals surface area contributed by atoms with Crippen molar-refractivity contribution >= 4 is 17.3 Å². The molecule has 2 rings (SSSR count). The van der Waals surface area contributed by atoms with Gasteiger partial charge in [-0.2, -0.15) is 5.10 Å². The summed E-state index contributed by atoms with van der Waals surface area (Å²) in [5.74, 6) is 1.64. The third kappa shape index (κ3) is 4.89. The first kappa shape index (κ1) is 19.1. The summed E-state index contributed by atoms with van der Waals surface area (Å²) in [7, 11) is 4.73. The van der Waals surface area contributed by atoms with Crippen molar-refractivity contribution in [3.63, 3.8) is 0 Å². The molecule has 0 spiro atoms. The predicted molar refractivity (Wildman–Crippen MR) is 101 cm³/mol. The van der Waals surface area contributed by atoms with Gasteiger partial charge in [0, 0.05) is 5.56 Å². The highest BCUT2D eigenvalue weighted by Crippen LogP contribution is 2.27. The number of carbonyl (C=O) groups is 1. The van der Waals surface area contributed by atoms with Crippen LogP contribution in [0.2, 0.25) is 0 Å². The van der Waals surface area contributed by atoms with Crippen molar-refractivity contribution in [3.8, 4) is 17.2 Å². The number of nitrogens with one attached hydrogen (secondary N) is 2. The minimum atomic E-state index is -0.268. The fourth-order valence-corrected chi connectivity index (χ4v) is 2.28. The lowest BCUT2D eigenvalue weighted by molar-refractivity contribution is -0.119. The first-order valence-electron chi connectivity index (χ1n) is 8.01. The van der Waals surface area contributed by atoms with E-state index in [-0.39, 0.29) is 12.5 Å². The Hall–Kier alpha value is -3.22. The molecule has 7 nitrogen and oxygen atoms in total. The average molecular weight is 357 g/mol. The predicted octanol–water partition coefficient (Wildman–Crippen LogP) is 2.66. The second-order valence-corrected chi connectivity index (χ2v) is 5.36. The molecule has 0 unspecified atom stereocenters. The fourth-order valence-electron chi connectivity index (χ4n) is 2.28. The maximum atomic E-state index is 12.0. The summed E-state index contributed by atoms with van der Waals surface area (Å²) in [6.45, 7) is 1.87. The normalized spacial score (nSPS) is 10.8. The van der Waals surface area contributed by atoms with Gasteiger partial charge < -0.3 is 19.5 Å². The highest BCUT2D eigenvalue weighted by Gasteiger charge is 2.08. The minimum absolute atomic E-state index is 0.0725. The molecule has 0 aliphatic carbocycles. The van der Waals surface area contributed by atoms with Crippen LogP contribution in [0.3, 0.4) is 0 Å². The van der Waals surface area contributed by atoms with Crippen LogP contribution in [0.25, 0.3) is 0 Å². The second kappa shape index (κ2) is 9.31. The van der Waals surface area contributed by atoms with E-state index in [1.807, 2.05) is 30.3 Å². The number of anilines is 1. The zero-order valence-corrected chi connectivity index (χ0v) is 15.3. The van der Waals surface area contributed by atoms with Crippen molar-refractivity contribution in [2.24, 2.45) is 5.10 Å². The van der Waals surface area contributed by atoms with Crippen LogP contribution in [0.4, 0.5) is 5.69 Å². The molecule has 0 aromatic heterocycles. The summed E-state index contributed by atoms with van der Waals surface area (Å²) in [4.78, 5) is 12.0. The Morgan fingerprint density at radius 2 is 1.65 bits per heavy atom. The number of rotatable bonds is 8. The molecule has 0 bridgehead atoms. The maximum absolute atomic E-state index is 12.0. The van der Waals surface area contributed by atoms with Crippen LogP contribution >= 0.6 is 0 Å². The van der Waals surface area contributed by atoms with Gasteiger partial charge >= 0.3 is 0 Å². The van der Waals surface area contributed by atoms with Crippen LogP contribution < -0.4 is 25.0 Å². The van der Waals surface area contributed by atoms with Crippen LogP contribution in [0.5, 0.6) is 17.2 Å². The largest absolute Gasteiger partial charge is 0.495 e. The number of nitrogens with zero attached hydrogens (tertiary/aromatic N) is 1. The van der Waals surface area contributed by atoms with E-state index in [1.165, 1.54) is 0 Å². The maximum Gasteiger partial charge on any atom is 0.259 e. The van der Waals surface area contributed by atoms with Crippen LogP contribution in [0, 0.1) is 0 Å². The van der Waals surface area contributed by atoms with E-state index < -0.39 is 0 Å². The lowest BCUT2D eigenvalue weighted by Gasteiger charge is -2.11. The summed E-state index contributed by atoms with van der Waals surface area (Å²) in [5.41, 5.74) is 4.74. The monoisotopic (exact) mass is 357 g/mol. The Morgan fingerprint density at radius 3 is 2.35 bits per heavy atom. The van der Waals surface area contributed by atoms with E-state index in [0.29, 0.717) is 23.0 Å². The minimum Gasteiger partial charge on any atom is -0.495 e. The van der Waals surface area contributed by atoms with Crippen molar-refractivity contribution in [2.75, 3.05) is 33.2 Å². The van der Waals surface area contributed by atoms with Gasteiger partial charge in [0.15, 0.2) is 11.5 Å². The molecule has 0 saturated heterocycles. The van der Waals surface area contributed by atoms with Crippen molar-refractivity contribution in [1.82, 2.24) is 5.43 Å². The molecule has 0 aliphatic rings. The number of hydrogen-bond acceptors (Lipinski definition) is 6. The van der Waals surface area contributed by atoms with Crippen LogP contribution in [0.1, 0.15) is 12.5 Å². The lowest BCUT2D eigenvalue weighted by atomic mass is 10.1. The molecule has 2 N–H and O–H groups in total. The topological polar surface area (TPSA) is 81.2 Å². The van der Waals surface area contributed by atoms with E-state index in [2.05, 4.69) is 15.8 Å². The van der Waals surface area contributed by atoms with E-state index in [0.717, 1.165) is 11.3 Å². The second-order valence-electron chi connectivity index (χ2n) is 5.36. The quantitative estimate of drug-likeness (QED) is 0.561. The SMILES string of the molecule is COc1ccccc1NCC(=O)N/N=C(\C)c1ccc(OC)c(OC)c1. The summed E-state index contributed by atoms with van der Waals surface area (Å²) >= 11 is 0. The van der Waals surface area contributed by atoms with Crippen LogP contribution in [-0.4, -0.2) is 39.5 Å². The number of para-hydroxylation sites is 2. The molecule has 2 aromatic carbocycles. The molecular formula is C19H23N3O4. The van der Waals surface area contributed by atoms with Gasteiger partial charge in [0.25, 0.3) is 5.91 Å². The highest BCUT2D eigenvalue weighted by atomic mass is 16.5. The number of ether oxygens (including phenoxy) is 3. The van der Waals surface area contributed by atoms with Crippen molar-refractivity contribution in [3.05, 3.63) is 48.0 Å². The lowest BCUT2D eigenvalue weighted by Crippen LogP contribution is -2.26. The third-order valence-electron chi connectivity index (χ3n) is 3.70. The Morgan fingerprint density at radius 1 is 0.962 bits per heavy atom. The van der Waals surface area contributed by atoms with Gasteiger partial charge in [-0.15, -0.1) is 0 Å². The zero-order chi connectivity index (χ0) is 18.9. The average Bonchev–Trinajstić information content (AvgIpc) is 2.69. The zero-order valence-electron chi connectivity index (χ0n) is 15.3. The first-order chi connectivity index (χ1) is 12.6. The standard InChI is InChI=1S/C19H23N3O4/c1-13(14-9-10-17(25-3)18(11-14)26-4)21-22-19(23)12-20-15-7-5-6-8-16(15)24-2/h5-11,20H,12H2,1-4H3,(H,22,23)/b21-13+. The van der Waals surface area contributed by atoms with Crippen molar-refractivity contribution in [1.29, 1.82) is 0 Å². The van der Waals surface area contributed by atoms with Gasteiger partial charge in [-0.25, -0.2) is 5.43 Å². The Bertz CT molecular complexity index is 790. The summed E-state index contributed by atoms with van der Waals surface area (Å²) in [6, 6.07) is 12.8. The van der Waals surface area contributed by atoms with Crippen molar-refractivity contribution in [2.45, 2.75) is 6.92 Å². The van der Waals surface area contributed by atoms with Crippen LogP contribution in [-0.2, 0) is 4.79 Å². The number of amides is 1. The Balaban J connectivity index is 1.96. The molecule has 0 fully saturated rings. The van der Waals surface area contributed by atoms with E-state index in [9.17, 15) is 4.79 Å². The molecule has 0 aliphatic heterocycles.